The van der Waals surface area contributed by atoms with Gasteiger partial charge in [0, 0.05) is 30.1 Å². The second-order valence-corrected chi connectivity index (χ2v) is 6.06. The molecule has 1 amide bonds. The Balaban J connectivity index is 1.85. The van der Waals surface area contributed by atoms with E-state index in [1.165, 1.54) is 17.0 Å². The van der Waals surface area contributed by atoms with Crippen LogP contribution in [0.25, 0.3) is 0 Å². The molecule has 0 unspecified atom stereocenters. The first-order valence-corrected chi connectivity index (χ1v) is 7.90. The fourth-order valence-electron chi connectivity index (χ4n) is 2.54. The number of hydrogen-bond acceptors (Lipinski definition) is 4. The van der Waals surface area contributed by atoms with Gasteiger partial charge in [-0.15, -0.1) is 0 Å². The highest BCUT2D eigenvalue weighted by Crippen LogP contribution is 2.26. The van der Waals surface area contributed by atoms with Gasteiger partial charge >= 0.3 is 6.09 Å². The van der Waals surface area contributed by atoms with Crippen molar-refractivity contribution >= 4 is 35.1 Å². The number of nitrogens with one attached hydrogen (secondary N) is 1. The number of hydrogen-bond donors (Lipinski definition) is 2. The van der Waals surface area contributed by atoms with E-state index in [2.05, 4.69) is 15.3 Å². The molecule has 6 nitrogen and oxygen atoms in total. The van der Waals surface area contributed by atoms with Crippen LogP contribution in [0, 0.1) is 5.82 Å². The van der Waals surface area contributed by atoms with Crippen molar-refractivity contribution in [1.29, 1.82) is 0 Å². The third kappa shape index (κ3) is 3.52. The van der Waals surface area contributed by atoms with E-state index in [0.717, 1.165) is 5.69 Å². The van der Waals surface area contributed by atoms with Crippen molar-refractivity contribution < 1.29 is 14.3 Å². The molecule has 3 rings (SSSR count). The second kappa shape index (κ2) is 6.78. The average molecular weight is 371 g/mol. The predicted molar refractivity (Wildman–Crippen MR) is 87.9 cm³/mol. The lowest BCUT2D eigenvalue weighted by molar-refractivity contribution is 0.139. The first kappa shape index (κ1) is 16.7. The average Bonchev–Trinajstić information content (AvgIpc) is 2.53. The van der Waals surface area contributed by atoms with Crippen LogP contribution < -0.4 is 5.32 Å². The molecule has 9 heteroatoms. The maximum absolute atomic E-state index is 13.1. The van der Waals surface area contributed by atoms with Crippen LogP contribution >= 0.6 is 23.2 Å². The van der Waals surface area contributed by atoms with Crippen LogP contribution in [0.4, 0.5) is 15.0 Å². The summed E-state index contributed by atoms with van der Waals surface area (Å²) in [6.07, 6.45) is -0.529. The molecular formula is C15H13Cl2FN4O2. The molecule has 0 bridgehead atoms. The summed E-state index contributed by atoms with van der Waals surface area (Å²) in [5, 5.41) is 12.6. The number of benzene rings is 1. The van der Waals surface area contributed by atoms with E-state index in [0.29, 0.717) is 41.5 Å². The van der Waals surface area contributed by atoms with Crippen molar-refractivity contribution in [3.63, 3.8) is 0 Å². The van der Waals surface area contributed by atoms with Crippen LogP contribution in [-0.2, 0) is 19.5 Å². The standard InChI is InChI=1S/C15H13Cl2FN4O2/c16-11-5-9(18)2-1-8(11)6-19-13-10-7-22(15(23)24)4-3-12(10)20-14(17)21-13/h1-2,5H,3-4,6-7H2,(H,23,24)(H,19,20,21). The molecule has 2 heterocycles. The minimum atomic E-state index is -0.997. The van der Waals surface area contributed by atoms with E-state index in [1.807, 2.05) is 0 Å². The first-order valence-electron chi connectivity index (χ1n) is 7.15. The Labute approximate surface area is 147 Å². The van der Waals surface area contributed by atoms with Crippen molar-refractivity contribution in [3.8, 4) is 0 Å². The normalized spacial score (nSPS) is 13.5. The third-order valence-electron chi connectivity index (χ3n) is 3.76. The van der Waals surface area contributed by atoms with Gasteiger partial charge in [0.05, 0.1) is 12.2 Å². The number of carboxylic acid groups (broad SMARTS) is 1. The number of fused-ring (bicyclic) bond motifs is 1. The molecule has 1 aliphatic heterocycles. The van der Waals surface area contributed by atoms with Gasteiger partial charge in [0.15, 0.2) is 0 Å². The van der Waals surface area contributed by atoms with Gasteiger partial charge in [-0.05, 0) is 29.3 Å². The molecule has 1 aromatic carbocycles. The number of carbonyl (C=O) groups is 1. The van der Waals surface area contributed by atoms with Gasteiger partial charge < -0.3 is 15.3 Å². The zero-order valence-corrected chi connectivity index (χ0v) is 13.9. The summed E-state index contributed by atoms with van der Waals surface area (Å²) in [5.41, 5.74) is 2.10. The molecule has 0 fully saturated rings. The van der Waals surface area contributed by atoms with Crippen molar-refractivity contribution in [3.05, 3.63) is 51.1 Å². The molecule has 0 aliphatic carbocycles. The quantitative estimate of drug-likeness (QED) is 0.807. The van der Waals surface area contributed by atoms with Gasteiger partial charge in [0.25, 0.3) is 0 Å². The van der Waals surface area contributed by atoms with Gasteiger partial charge in [-0.2, -0.15) is 0 Å². The lowest BCUT2D eigenvalue weighted by Gasteiger charge is -2.27. The number of nitrogens with zero attached hydrogens (tertiary/aromatic N) is 3. The maximum Gasteiger partial charge on any atom is 0.407 e. The van der Waals surface area contributed by atoms with Crippen LogP contribution in [0.1, 0.15) is 16.8 Å². The minimum Gasteiger partial charge on any atom is -0.465 e. The highest BCUT2D eigenvalue weighted by Gasteiger charge is 2.25. The van der Waals surface area contributed by atoms with Crippen LogP contribution in [0.3, 0.4) is 0 Å². The number of aromatic nitrogens is 2. The van der Waals surface area contributed by atoms with E-state index in [1.54, 1.807) is 6.07 Å². The molecule has 0 saturated carbocycles. The summed E-state index contributed by atoms with van der Waals surface area (Å²) in [7, 11) is 0. The van der Waals surface area contributed by atoms with Crippen molar-refractivity contribution in [2.75, 3.05) is 11.9 Å². The fourth-order valence-corrected chi connectivity index (χ4v) is 2.96. The highest BCUT2D eigenvalue weighted by molar-refractivity contribution is 6.31. The molecule has 1 aromatic heterocycles. The lowest BCUT2D eigenvalue weighted by Crippen LogP contribution is -2.36. The van der Waals surface area contributed by atoms with Crippen LogP contribution in [-0.4, -0.2) is 32.6 Å². The van der Waals surface area contributed by atoms with Gasteiger partial charge in [0.2, 0.25) is 5.28 Å². The van der Waals surface area contributed by atoms with Crippen molar-refractivity contribution in [1.82, 2.24) is 14.9 Å². The van der Waals surface area contributed by atoms with E-state index in [9.17, 15) is 9.18 Å². The number of amides is 1. The Morgan fingerprint density at radius 1 is 1.38 bits per heavy atom. The first-order chi connectivity index (χ1) is 11.4. The smallest absolute Gasteiger partial charge is 0.407 e. The largest absolute Gasteiger partial charge is 0.465 e. The molecule has 0 radical (unpaired) electrons. The summed E-state index contributed by atoms with van der Waals surface area (Å²) in [6, 6.07) is 4.12. The molecule has 0 atom stereocenters. The summed E-state index contributed by atoms with van der Waals surface area (Å²) in [5.74, 6) is 0.0413. The van der Waals surface area contributed by atoms with E-state index in [-0.39, 0.29) is 11.8 Å². The fraction of sp³-hybridized carbons (Fsp3) is 0.267. The van der Waals surface area contributed by atoms with Crippen LogP contribution in [0.5, 0.6) is 0 Å². The Bertz CT molecular complexity index is 803. The van der Waals surface area contributed by atoms with Crippen molar-refractivity contribution in [2.45, 2.75) is 19.5 Å². The molecule has 2 N–H and O–H groups in total. The van der Waals surface area contributed by atoms with Crippen LogP contribution in [0.2, 0.25) is 10.3 Å². The van der Waals surface area contributed by atoms with E-state index < -0.39 is 11.9 Å². The molecule has 2 aromatic rings. The maximum atomic E-state index is 13.1. The van der Waals surface area contributed by atoms with E-state index >= 15 is 0 Å². The molecule has 0 spiro atoms. The van der Waals surface area contributed by atoms with E-state index in [4.69, 9.17) is 28.3 Å². The number of rotatable bonds is 3. The number of anilines is 1. The number of halogens is 3. The topological polar surface area (TPSA) is 78.3 Å². The van der Waals surface area contributed by atoms with Crippen LogP contribution in [0.15, 0.2) is 18.2 Å². The summed E-state index contributed by atoms with van der Waals surface area (Å²) < 4.78 is 13.1. The summed E-state index contributed by atoms with van der Waals surface area (Å²) >= 11 is 12.0. The Kier molecular flexibility index (Phi) is 4.73. The lowest BCUT2D eigenvalue weighted by atomic mass is 10.1. The predicted octanol–water partition coefficient (Wildman–Crippen LogP) is 3.57. The Morgan fingerprint density at radius 2 is 2.17 bits per heavy atom. The molecule has 24 heavy (non-hydrogen) atoms. The summed E-state index contributed by atoms with van der Waals surface area (Å²) in [6.45, 7) is 0.839. The minimum absolute atomic E-state index is 0.0882. The van der Waals surface area contributed by atoms with Crippen molar-refractivity contribution in [2.24, 2.45) is 0 Å². The zero-order chi connectivity index (χ0) is 17.3. The molecule has 0 saturated heterocycles. The Morgan fingerprint density at radius 3 is 2.88 bits per heavy atom. The molecular weight excluding hydrogens is 358 g/mol. The Hall–Kier alpha value is -2.12. The summed E-state index contributed by atoms with van der Waals surface area (Å²) in [4.78, 5) is 20.8. The molecule has 1 aliphatic rings. The van der Waals surface area contributed by atoms with Gasteiger partial charge in [-0.3, -0.25) is 0 Å². The van der Waals surface area contributed by atoms with Gasteiger partial charge in [-0.25, -0.2) is 19.2 Å². The molecule has 126 valence electrons. The monoisotopic (exact) mass is 370 g/mol. The third-order valence-corrected chi connectivity index (χ3v) is 4.29. The SMILES string of the molecule is O=C(O)N1CCc2nc(Cl)nc(NCc3ccc(F)cc3Cl)c2C1. The van der Waals surface area contributed by atoms with Gasteiger partial charge in [-0.1, -0.05) is 17.7 Å². The van der Waals surface area contributed by atoms with Gasteiger partial charge in [0.1, 0.15) is 11.6 Å². The zero-order valence-electron chi connectivity index (χ0n) is 12.4. The second-order valence-electron chi connectivity index (χ2n) is 5.31. The highest BCUT2D eigenvalue weighted by atomic mass is 35.5.